The number of imidazole rings is 1. The van der Waals surface area contributed by atoms with E-state index >= 15 is 0 Å². The number of aromatic nitrogens is 2. The van der Waals surface area contributed by atoms with E-state index < -0.39 is 0 Å². The first-order valence-corrected chi connectivity index (χ1v) is 9.59. The Balaban J connectivity index is 1.34. The molecule has 5 rings (SSSR count). The van der Waals surface area contributed by atoms with Crippen molar-refractivity contribution in [3.05, 3.63) is 61.1 Å². The number of nitrogens with zero attached hydrogens (tertiary/aromatic N) is 4. The van der Waals surface area contributed by atoms with Gasteiger partial charge in [0.2, 0.25) is 0 Å². The maximum absolute atomic E-state index is 12.6. The predicted molar refractivity (Wildman–Crippen MR) is 106 cm³/mol. The number of hydrogen-bond acceptors (Lipinski definition) is 3. The number of piperidine rings is 1. The molecule has 138 valence electrons. The normalized spacial score (nSPS) is 21.0. The Labute approximate surface area is 158 Å². The van der Waals surface area contributed by atoms with Gasteiger partial charge in [0.1, 0.15) is 5.65 Å². The van der Waals surface area contributed by atoms with Crippen molar-refractivity contribution in [2.24, 2.45) is 5.92 Å². The number of hydrogen-bond donors (Lipinski definition) is 1. The quantitative estimate of drug-likeness (QED) is 0.780. The minimum atomic E-state index is 0.00129. The molecule has 4 heterocycles. The Kier molecular flexibility index (Phi) is 3.96. The molecular formula is C21H23N5O. The number of para-hydroxylation sites is 1. The van der Waals surface area contributed by atoms with Gasteiger partial charge in [0.15, 0.2) is 0 Å². The van der Waals surface area contributed by atoms with Gasteiger partial charge in [0, 0.05) is 50.0 Å². The van der Waals surface area contributed by atoms with Crippen molar-refractivity contribution in [2.75, 3.05) is 29.4 Å². The third kappa shape index (κ3) is 2.91. The maximum atomic E-state index is 12.6. The Bertz CT molecular complexity index is 945. The monoisotopic (exact) mass is 361 g/mol. The van der Waals surface area contributed by atoms with Gasteiger partial charge in [0.05, 0.1) is 11.7 Å². The Morgan fingerprint density at radius 2 is 1.81 bits per heavy atom. The lowest BCUT2D eigenvalue weighted by atomic mass is 9.88. The minimum Gasteiger partial charge on any atom is -0.372 e. The number of amides is 2. The van der Waals surface area contributed by atoms with E-state index in [1.807, 2.05) is 33.8 Å². The van der Waals surface area contributed by atoms with Gasteiger partial charge in [-0.15, -0.1) is 0 Å². The van der Waals surface area contributed by atoms with E-state index in [2.05, 4.69) is 45.5 Å². The van der Waals surface area contributed by atoms with Crippen LogP contribution in [0.3, 0.4) is 0 Å². The third-order valence-corrected chi connectivity index (χ3v) is 5.88. The van der Waals surface area contributed by atoms with Crippen molar-refractivity contribution in [1.29, 1.82) is 0 Å². The van der Waals surface area contributed by atoms with E-state index in [0.29, 0.717) is 12.5 Å². The fourth-order valence-electron chi connectivity index (χ4n) is 4.44. The van der Waals surface area contributed by atoms with Crippen molar-refractivity contribution in [3.8, 4) is 0 Å². The molecule has 0 bridgehead atoms. The number of carbonyl (C=O) groups is 1. The van der Waals surface area contributed by atoms with Gasteiger partial charge in [0.25, 0.3) is 0 Å². The smallest absolute Gasteiger partial charge is 0.322 e. The zero-order valence-electron chi connectivity index (χ0n) is 15.2. The standard InChI is InChI=1S/C21H23N5O/c27-21-23-15-19(26(21)18-8-12-25-13-9-22-20(25)14-18)16-6-10-24(11-7-16)17-4-2-1-3-5-17/h1-5,8-9,12-14,16,19H,6-7,10-11,15H2,(H,23,27). The number of benzene rings is 1. The average Bonchev–Trinajstić information content (AvgIpc) is 3.34. The summed E-state index contributed by atoms with van der Waals surface area (Å²) in [5.41, 5.74) is 3.09. The molecule has 2 aliphatic rings. The van der Waals surface area contributed by atoms with Gasteiger partial charge in [-0.3, -0.25) is 4.90 Å². The fraction of sp³-hybridized carbons (Fsp3) is 0.333. The minimum absolute atomic E-state index is 0.00129. The fourth-order valence-corrected chi connectivity index (χ4v) is 4.44. The van der Waals surface area contributed by atoms with Crippen LogP contribution >= 0.6 is 0 Å². The van der Waals surface area contributed by atoms with Crippen LogP contribution in [0.2, 0.25) is 0 Å². The summed E-state index contributed by atoms with van der Waals surface area (Å²) < 4.78 is 1.96. The van der Waals surface area contributed by atoms with Gasteiger partial charge in [-0.05, 0) is 37.0 Å². The molecule has 2 aliphatic heterocycles. The van der Waals surface area contributed by atoms with E-state index in [4.69, 9.17) is 0 Å². The Morgan fingerprint density at radius 3 is 2.63 bits per heavy atom. The van der Waals surface area contributed by atoms with Crippen LogP contribution in [-0.4, -0.2) is 41.1 Å². The van der Waals surface area contributed by atoms with Gasteiger partial charge in [-0.1, -0.05) is 18.2 Å². The molecule has 2 fully saturated rings. The SMILES string of the molecule is O=C1NCC(C2CCN(c3ccccc3)CC2)N1c1ccn2ccnc2c1. The molecule has 2 amide bonds. The second kappa shape index (κ2) is 6.61. The lowest BCUT2D eigenvalue weighted by molar-refractivity contribution is 0.250. The lowest BCUT2D eigenvalue weighted by Gasteiger charge is -2.38. The third-order valence-electron chi connectivity index (χ3n) is 5.88. The molecule has 0 spiro atoms. The molecule has 0 radical (unpaired) electrons. The van der Waals surface area contributed by atoms with Crippen molar-refractivity contribution in [1.82, 2.24) is 14.7 Å². The number of urea groups is 1. The van der Waals surface area contributed by atoms with Gasteiger partial charge in [-0.25, -0.2) is 9.78 Å². The number of pyridine rings is 1. The molecular weight excluding hydrogens is 338 g/mol. The summed E-state index contributed by atoms with van der Waals surface area (Å²) in [5, 5.41) is 3.05. The summed E-state index contributed by atoms with van der Waals surface area (Å²) in [4.78, 5) is 21.3. The number of nitrogens with one attached hydrogen (secondary N) is 1. The van der Waals surface area contributed by atoms with Crippen molar-refractivity contribution >= 4 is 23.1 Å². The van der Waals surface area contributed by atoms with E-state index in [1.165, 1.54) is 5.69 Å². The van der Waals surface area contributed by atoms with Crippen LogP contribution in [0.4, 0.5) is 16.2 Å². The molecule has 2 aromatic heterocycles. The van der Waals surface area contributed by atoms with Crippen molar-refractivity contribution < 1.29 is 4.79 Å². The zero-order valence-corrected chi connectivity index (χ0v) is 15.2. The van der Waals surface area contributed by atoms with E-state index in [-0.39, 0.29) is 12.1 Å². The number of anilines is 2. The van der Waals surface area contributed by atoms with Gasteiger partial charge < -0.3 is 14.6 Å². The molecule has 0 saturated carbocycles. The highest BCUT2D eigenvalue weighted by molar-refractivity contribution is 5.95. The summed E-state index contributed by atoms with van der Waals surface area (Å²) in [5.74, 6) is 0.500. The predicted octanol–water partition coefficient (Wildman–Crippen LogP) is 3.15. The van der Waals surface area contributed by atoms with E-state index in [0.717, 1.165) is 37.3 Å². The molecule has 6 heteroatoms. The summed E-state index contributed by atoms with van der Waals surface area (Å²) in [6, 6.07) is 14.8. The van der Waals surface area contributed by atoms with Crippen molar-refractivity contribution in [2.45, 2.75) is 18.9 Å². The second-order valence-corrected chi connectivity index (χ2v) is 7.36. The largest absolute Gasteiger partial charge is 0.372 e. The molecule has 1 aromatic carbocycles. The summed E-state index contributed by atoms with van der Waals surface area (Å²) in [6.45, 7) is 2.79. The zero-order chi connectivity index (χ0) is 18.2. The second-order valence-electron chi connectivity index (χ2n) is 7.36. The Morgan fingerprint density at radius 1 is 1.00 bits per heavy atom. The van der Waals surface area contributed by atoms with E-state index in [1.54, 1.807) is 6.20 Å². The van der Waals surface area contributed by atoms with Crippen molar-refractivity contribution in [3.63, 3.8) is 0 Å². The molecule has 6 nitrogen and oxygen atoms in total. The van der Waals surface area contributed by atoms with Crippen LogP contribution in [0, 0.1) is 5.92 Å². The number of fused-ring (bicyclic) bond motifs is 1. The summed E-state index contributed by atoms with van der Waals surface area (Å²) >= 11 is 0. The maximum Gasteiger partial charge on any atom is 0.322 e. The highest BCUT2D eigenvalue weighted by Crippen LogP contribution is 2.32. The first kappa shape index (κ1) is 16.2. The topological polar surface area (TPSA) is 52.9 Å². The molecule has 1 unspecified atom stereocenters. The lowest BCUT2D eigenvalue weighted by Crippen LogP contribution is -2.45. The average molecular weight is 361 g/mol. The van der Waals surface area contributed by atoms with Crippen LogP contribution in [0.1, 0.15) is 12.8 Å². The molecule has 2 saturated heterocycles. The number of carbonyl (C=O) groups excluding carboxylic acids is 1. The number of rotatable bonds is 3. The van der Waals surface area contributed by atoms with Crippen LogP contribution in [-0.2, 0) is 0 Å². The van der Waals surface area contributed by atoms with Crippen LogP contribution < -0.4 is 15.1 Å². The van der Waals surface area contributed by atoms with Gasteiger partial charge >= 0.3 is 6.03 Å². The van der Waals surface area contributed by atoms with Crippen LogP contribution in [0.15, 0.2) is 61.1 Å². The first-order valence-electron chi connectivity index (χ1n) is 9.59. The van der Waals surface area contributed by atoms with Crippen LogP contribution in [0.5, 0.6) is 0 Å². The highest BCUT2D eigenvalue weighted by Gasteiger charge is 2.38. The molecule has 3 aromatic rings. The Hall–Kier alpha value is -3.02. The van der Waals surface area contributed by atoms with Gasteiger partial charge in [-0.2, -0.15) is 0 Å². The van der Waals surface area contributed by atoms with Crippen LogP contribution in [0.25, 0.3) is 5.65 Å². The molecule has 27 heavy (non-hydrogen) atoms. The highest BCUT2D eigenvalue weighted by atomic mass is 16.2. The molecule has 1 N–H and O–H groups in total. The first-order chi connectivity index (χ1) is 13.3. The molecule has 0 aliphatic carbocycles. The summed E-state index contributed by atoms with van der Waals surface area (Å²) in [7, 11) is 0. The summed E-state index contributed by atoms with van der Waals surface area (Å²) in [6.07, 6.45) is 7.85. The van der Waals surface area contributed by atoms with E-state index in [9.17, 15) is 4.79 Å². The molecule has 1 atom stereocenters.